The molecule has 4 nitrogen and oxygen atoms in total. The van der Waals surface area contributed by atoms with Crippen molar-refractivity contribution in [3.8, 4) is 0 Å². The van der Waals surface area contributed by atoms with Crippen LogP contribution >= 0.6 is 0 Å². The first kappa shape index (κ1) is 17.1. The Balaban J connectivity index is 1.69. The minimum absolute atomic E-state index is 0.136. The number of anilines is 1. The standard InChI is InChI=1S/C22H25NO3/c1-3-14-6-11-19-18(13-14)21-17(5-4-12-26-21)20(23-19)15-7-9-16(10-8-15)22(24)25-2/h6-11,13,17,20-21,23H,3-5,12H2,1-2H3/t17-,20-,21-/m0/s1. The van der Waals surface area contributed by atoms with Crippen molar-refractivity contribution in [2.45, 2.75) is 38.3 Å². The summed E-state index contributed by atoms with van der Waals surface area (Å²) in [6, 6.07) is 14.6. The molecule has 2 aromatic rings. The molecule has 1 N–H and O–H groups in total. The Labute approximate surface area is 154 Å². The third kappa shape index (κ3) is 2.99. The van der Waals surface area contributed by atoms with E-state index in [1.807, 2.05) is 24.3 Å². The summed E-state index contributed by atoms with van der Waals surface area (Å²) in [7, 11) is 1.41. The first-order valence-corrected chi connectivity index (χ1v) is 9.40. The van der Waals surface area contributed by atoms with Crippen molar-refractivity contribution < 1.29 is 14.3 Å². The molecule has 1 fully saturated rings. The third-order valence-corrected chi connectivity index (χ3v) is 5.63. The molecule has 4 heteroatoms. The number of esters is 1. The summed E-state index contributed by atoms with van der Waals surface area (Å²) in [6.07, 6.45) is 3.39. The smallest absolute Gasteiger partial charge is 0.337 e. The molecule has 0 radical (unpaired) electrons. The number of methoxy groups -OCH3 is 1. The number of hydrogen-bond donors (Lipinski definition) is 1. The van der Waals surface area contributed by atoms with Gasteiger partial charge < -0.3 is 14.8 Å². The Hall–Kier alpha value is -2.33. The first-order valence-electron chi connectivity index (χ1n) is 9.40. The molecular weight excluding hydrogens is 326 g/mol. The van der Waals surface area contributed by atoms with Gasteiger partial charge in [-0.1, -0.05) is 31.2 Å². The summed E-state index contributed by atoms with van der Waals surface area (Å²) in [6.45, 7) is 3.01. The molecule has 2 aromatic carbocycles. The minimum atomic E-state index is -0.301. The van der Waals surface area contributed by atoms with Gasteiger partial charge in [0.05, 0.1) is 24.8 Å². The van der Waals surface area contributed by atoms with Gasteiger partial charge in [-0.2, -0.15) is 0 Å². The second-order valence-corrected chi connectivity index (χ2v) is 7.11. The molecular formula is C22H25NO3. The molecule has 4 rings (SSSR count). The minimum Gasteiger partial charge on any atom is -0.465 e. The van der Waals surface area contributed by atoms with Crippen molar-refractivity contribution in [3.63, 3.8) is 0 Å². The zero-order valence-electron chi connectivity index (χ0n) is 15.3. The highest BCUT2D eigenvalue weighted by Crippen LogP contribution is 2.49. The molecule has 2 heterocycles. The van der Waals surface area contributed by atoms with Crippen LogP contribution in [0.3, 0.4) is 0 Å². The monoisotopic (exact) mass is 351 g/mol. The summed E-state index contributed by atoms with van der Waals surface area (Å²) in [5.41, 5.74) is 5.56. The number of nitrogens with one attached hydrogen (secondary N) is 1. The average Bonchev–Trinajstić information content (AvgIpc) is 2.72. The molecule has 0 unspecified atom stereocenters. The molecule has 2 aliphatic rings. The number of ether oxygens (including phenoxy) is 2. The van der Waals surface area contributed by atoms with Crippen LogP contribution in [0.15, 0.2) is 42.5 Å². The maximum absolute atomic E-state index is 11.7. The maximum atomic E-state index is 11.7. The lowest BCUT2D eigenvalue weighted by Crippen LogP contribution is -2.36. The Kier molecular flexibility index (Phi) is 4.68. The van der Waals surface area contributed by atoms with Crippen LogP contribution in [0.2, 0.25) is 0 Å². The van der Waals surface area contributed by atoms with Crippen LogP contribution in [0.4, 0.5) is 5.69 Å². The summed E-state index contributed by atoms with van der Waals surface area (Å²) in [5.74, 6) is 0.0943. The van der Waals surface area contributed by atoms with Crippen LogP contribution in [0.25, 0.3) is 0 Å². The van der Waals surface area contributed by atoms with Gasteiger partial charge in [0.15, 0.2) is 0 Å². The molecule has 26 heavy (non-hydrogen) atoms. The summed E-state index contributed by atoms with van der Waals surface area (Å²) < 4.78 is 11.0. The van der Waals surface area contributed by atoms with Crippen LogP contribution in [0.1, 0.15) is 59.0 Å². The van der Waals surface area contributed by atoms with Crippen molar-refractivity contribution in [1.82, 2.24) is 0 Å². The van der Waals surface area contributed by atoms with Gasteiger partial charge in [0.25, 0.3) is 0 Å². The van der Waals surface area contributed by atoms with Crippen molar-refractivity contribution in [1.29, 1.82) is 0 Å². The summed E-state index contributed by atoms with van der Waals surface area (Å²) in [5, 5.41) is 3.73. The lowest BCUT2D eigenvalue weighted by Gasteiger charge is -2.43. The van der Waals surface area contributed by atoms with Gasteiger partial charge in [-0.25, -0.2) is 4.79 Å². The normalized spacial score (nSPS) is 24.2. The number of carbonyl (C=O) groups excluding carboxylic acids is 1. The highest BCUT2D eigenvalue weighted by Gasteiger charge is 2.39. The molecule has 0 spiro atoms. The fourth-order valence-corrected chi connectivity index (χ4v) is 4.21. The molecule has 0 amide bonds. The fraction of sp³-hybridized carbons (Fsp3) is 0.409. The Morgan fingerprint density at radius 3 is 2.77 bits per heavy atom. The number of hydrogen-bond acceptors (Lipinski definition) is 4. The molecule has 136 valence electrons. The second-order valence-electron chi connectivity index (χ2n) is 7.11. The topological polar surface area (TPSA) is 47.6 Å². The summed E-state index contributed by atoms with van der Waals surface area (Å²) >= 11 is 0. The quantitative estimate of drug-likeness (QED) is 0.817. The highest BCUT2D eigenvalue weighted by atomic mass is 16.5. The van der Waals surface area contributed by atoms with Gasteiger partial charge >= 0.3 is 5.97 Å². The summed E-state index contributed by atoms with van der Waals surface area (Å²) in [4.78, 5) is 11.7. The average molecular weight is 351 g/mol. The molecule has 1 saturated heterocycles. The van der Waals surface area contributed by atoms with Crippen LogP contribution in [-0.2, 0) is 15.9 Å². The zero-order valence-corrected chi connectivity index (χ0v) is 15.3. The zero-order chi connectivity index (χ0) is 18.1. The number of fused-ring (bicyclic) bond motifs is 3. The van der Waals surface area contributed by atoms with E-state index >= 15 is 0 Å². The first-order chi connectivity index (χ1) is 12.7. The molecule has 0 aromatic heterocycles. The van der Waals surface area contributed by atoms with E-state index in [1.165, 1.54) is 23.8 Å². The van der Waals surface area contributed by atoms with E-state index in [4.69, 9.17) is 9.47 Å². The van der Waals surface area contributed by atoms with Crippen LogP contribution in [0.5, 0.6) is 0 Å². The van der Waals surface area contributed by atoms with Gasteiger partial charge in [-0.3, -0.25) is 0 Å². The number of carbonyl (C=O) groups is 1. The second kappa shape index (κ2) is 7.12. The van der Waals surface area contributed by atoms with Crippen molar-refractivity contribution >= 4 is 11.7 Å². The van der Waals surface area contributed by atoms with E-state index in [9.17, 15) is 4.79 Å². The Morgan fingerprint density at radius 1 is 1.23 bits per heavy atom. The molecule has 0 bridgehead atoms. The number of benzene rings is 2. The molecule has 3 atom stereocenters. The fourth-order valence-electron chi connectivity index (χ4n) is 4.21. The number of rotatable bonds is 3. The van der Waals surface area contributed by atoms with E-state index in [2.05, 4.69) is 30.4 Å². The van der Waals surface area contributed by atoms with E-state index in [-0.39, 0.29) is 18.1 Å². The van der Waals surface area contributed by atoms with E-state index in [1.54, 1.807) is 0 Å². The molecule has 0 saturated carbocycles. The van der Waals surface area contributed by atoms with Crippen LogP contribution in [0, 0.1) is 5.92 Å². The van der Waals surface area contributed by atoms with Crippen molar-refractivity contribution in [3.05, 3.63) is 64.7 Å². The van der Waals surface area contributed by atoms with Crippen LogP contribution < -0.4 is 5.32 Å². The van der Waals surface area contributed by atoms with E-state index < -0.39 is 0 Å². The van der Waals surface area contributed by atoms with Gasteiger partial charge in [-0.15, -0.1) is 0 Å². The lowest BCUT2D eigenvalue weighted by atomic mass is 9.77. The van der Waals surface area contributed by atoms with Gasteiger partial charge in [-0.05, 0) is 48.6 Å². The van der Waals surface area contributed by atoms with E-state index in [0.717, 1.165) is 31.6 Å². The molecule has 2 aliphatic heterocycles. The SMILES string of the molecule is CCc1ccc2c(c1)[C@H]1OCCC[C@H]1[C@H](c1ccc(C(=O)OC)cc1)N2. The van der Waals surface area contributed by atoms with E-state index in [0.29, 0.717) is 11.5 Å². The molecule has 0 aliphatic carbocycles. The van der Waals surface area contributed by atoms with Gasteiger partial charge in [0.1, 0.15) is 0 Å². The van der Waals surface area contributed by atoms with Gasteiger partial charge in [0, 0.05) is 23.8 Å². The van der Waals surface area contributed by atoms with Crippen molar-refractivity contribution in [2.75, 3.05) is 19.0 Å². The predicted molar refractivity (Wildman–Crippen MR) is 101 cm³/mol. The lowest BCUT2D eigenvalue weighted by molar-refractivity contribution is -0.0381. The predicted octanol–water partition coefficient (Wildman–Crippen LogP) is 4.67. The largest absolute Gasteiger partial charge is 0.465 e. The Bertz CT molecular complexity index is 800. The van der Waals surface area contributed by atoms with Crippen molar-refractivity contribution in [2.24, 2.45) is 5.92 Å². The third-order valence-electron chi connectivity index (χ3n) is 5.63. The maximum Gasteiger partial charge on any atom is 0.337 e. The van der Waals surface area contributed by atoms with Gasteiger partial charge in [0.2, 0.25) is 0 Å². The van der Waals surface area contributed by atoms with Crippen LogP contribution in [-0.4, -0.2) is 19.7 Å². The Morgan fingerprint density at radius 2 is 2.04 bits per heavy atom. The highest BCUT2D eigenvalue weighted by molar-refractivity contribution is 5.89. The number of aryl methyl sites for hydroxylation is 1.